The highest BCUT2D eigenvalue weighted by Crippen LogP contribution is 2.27. The number of aromatic nitrogens is 4. The molecule has 0 saturated heterocycles. The Morgan fingerprint density at radius 1 is 1.43 bits per heavy atom. The molecular formula is C14H16BrN5S. The lowest BCUT2D eigenvalue weighted by molar-refractivity contribution is 0.661. The number of hydrogen-bond donors (Lipinski definition) is 1. The van der Waals surface area contributed by atoms with Gasteiger partial charge in [-0.25, -0.2) is 4.68 Å². The number of thiazole rings is 1. The highest BCUT2D eigenvalue weighted by Gasteiger charge is 2.24. The van der Waals surface area contributed by atoms with Crippen molar-refractivity contribution in [2.24, 2.45) is 0 Å². The van der Waals surface area contributed by atoms with Crippen LogP contribution in [-0.4, -0.2) is 25.2 Å². The minimum Gasteiger partial charge on any atom is -0.308 e. The second-order valence-electron chi connectivity index (χ2n) is 5.49. The fraction of sp³-hybridized carbons (Fsp3) is 0.429. The van der Waals surface area contributed by atoms with Crippen LogP contribution in [0, 0.1) is 13.8 Å². The van der Waals surface area contributed by atoms with E-state index in [1.165, 1.54) is 18.5 Å². The lowest BCUT2D eigenvalue weighted by Crippen LogP contribution is -2.18. The van der Waals surface area contributed by atoms with E-state index in [4.69, 9.17) is 4.98 Å². The Bertz CT molecular complexity index is 811. The van der Waals surface area contributed by atoms with Crippen molar-refractivity contribution in [1.29, 1.82) is 0 Å². The molecule has 0 aromatic carbocycles. The number of rotatable bonds is 4. The Kier molecular flexibility index (Phi) is 3.16. The van der Waals surface area contributed by atoms with Crippen molar-refractivity contribution < 1.29 is 0 Å². The van der Waals surface area contributed by atoms with Gasteiger partial charge in [0, 0.05) is 24.2 Å². The largest absolute Gasteiger partial charge is 0.308 e. The van der Waals surface area contributed by atoms with E-state index in [1.807, 2.05) is 11.6 Å². The molecule has 1 saturated carbocycles. The molecule has 0 radical (unpaired) electrons. The van der Waals surface area contributed by atoms with Crippen molar-refractivity contribution in [1.82, 2.24) is 24.5 Å². The summed E-state index contributed by atoms with van der Waals surface area (Å²) < 4.78 is 5.17. The van der Waals surface area contributed by atoms with E-state index in [9.17, 15) is 0 Å². The normalized spacial score (nSPS) is 15.2. The van der Waals surface area contributed by atoms with Gasteiger partial charge < -0.3 is 5.32 Å². The fourth-order valence-corrected chi connectivity index (χ4v) is 3.49. The average molecular weight is 366 g/mol. The maximum Gasteiger partial charge on any atom is 0.196 e. The van der Waals surface area contributed by atoms with Gasteiger partial charge in [-0.1, -0.05) is 0 Å². The molecule has 1 fully saturated rings. The number of imidazole rings is 1. The number of nitrogens with one attached hydrogen (secondary N) is 1. The zero-order valence-electron chi connectivity index (χ0n) is 11.9. The number of fused-ring (bicyclic) bond motifs is 1. The van der Waals surface area contributed by atoms with E-state index in [-0.39, 0.29) is 0 Å². The first-order valence-electron chi connectivity index (χ1n) is 7.05. The molecule has 1 aliphatic rings. The predicted octanol–water partition coefficient (Wildman–Crippen LogP) is 3.21. The zero-order chi connectivity index (χ0) is 14.6. The molecule has 21 heavy (non-hydrogen) atoms. The monoisotopic (exact) mass is 365 g/mol. The molecular weight excluding hydrogens is 350 g/mol. The summed E-state index contributed by atoms with van der Waals surface area (Å²) in [4.78, 5) is 5.79. The fourth-order valence-electron chi connectivity index (χ4n) is 2.51. The Morgan fingerprint density at radius 2 is 2.24 bits per heavy atom. The molecule has 3 aromatic rings. The van der Waals surface area contributed by atoms with E-state index < -0.39 is 0 Å². The second kappa shape index (κ2) is 4.93. The molecule has 110 valence electrons. The van der Waals surface area contributed by atoms with Gasteiger partial charge in [0.25, 0.3) is 0 Å². The van der Waals surface area contributed by atoms with Gasteiger partial charge in [0.1, 0.15) is 0 Å². The van der Waals surface area contributed by atoms with Gasteiger partial charge in [0.15, 0.2) is 10.8 Å². The number of nitrogens with zero attached hydrogens (tertiary/aromatic N) is 4. The molecule has 5 nitrogen and oxygen atoms in total. The molecule has 3 heterocycles. The van der Waals surface area contributed by atoms with Crippen LogP contribution < -0.4 is 5.32 Å². The molecule has 7 heteroatoms. The van der Waals surface area contributed by atoms with Crippen LogP contribution in [0.2, 0.25) is 0 Å². The first-order chi connectivity index (χ1) is 10.1. The van der Waals surface area contributed by atoms with E-state index in [2.05, 4.69) is 49.2 Å². The van der Waals surface area contributed by atoms with Crippen LogP contribution in [0.15, 0.2) is 16.0 Å². The summed E-state index contributed by atoms with van der Waals surface area (Å²) in [5.74, 6) is 0.932. The predicted molar refractivity (Wildman–Crippen MR) is 87.2 cm³/mol. The molecule has 0 unspecified atom stereocenters. The maximum atomic E-state index is 4.78. The molecule has 1 aliphatic carbocycles. The van der Waals surface area contributed by atoms with Crippen LogP contribution in [0.25, 0.3) is 10.8 Å². The highest BCUT2D eigenvalue weighted by atomic mass is 79.9. The third-order valence-corrected chi connectivity index (χ3v) is 5.78. The summed E-state index contributed by atoms with van der Waals surface area (Å²) in [6.45, 7) is 4.90. The van der Waals surface area contributed by atoms with Gasteiger partial charge in [0.05, 0.1) is 21.6 Å². The van der Waals surface area contributed by atoms with Crippen molar-refractivity contribution in [2.75, 3.05) is 0 Å². The molecule has 1 N–H and O–H groups in total. The minimum absolute atomic E-state index is 0.675. The van der Waals surface area contributed by atoms with E-state index in [0.717, 1.165) is 33.2 Å². The summed E-state index contributed by atoms with van der Waals surface area (Å²) in [5.41, 5.74) is 3.26. The van der Waals surface area contributed by atoms with Crippen molar-refractivity contribution in [2.45, 2.75) is 39.3 Å². The maximum absolute atomic E-state index is 4.78. The van der Waals surface area contributed by atoms with Gasteiger partial charge in [-0.05, 0) is 42.6 Å². The van der Waals surface area contributed by atoms with Crippen LogP contribution in [0.1, 0.15) is 29.9 Å². The lowest BCUT2D eigenvalue weighted by Gasteiger charge is -2.07. The Labute approximate surface area is 135 Å². The standard InChI is InChI=1S/C14H16BrN5S/c1-8-12(15)9(2)20(18-8)13-11(7-16-10-3-4-10)19-5-6-21-14(19)17-13/h5-6,10,16H,3-4,7H2,1-2H3. The Balaban J connectivity index is 1.83. The van der Waals surface area contributed by atoms with Gasteiger partial charge in [-0.3, -0.25) is 4.40 Å². The topological polar surface area (TPSA) is 47.2 Å². The molecule has 4 rings (SSSR count). The van der Waals surface area contributed by atoms with Crippen LogP contribution >= 0.6 is 27.3 Å². The molecule has 0 spiro atoms. The molecule has 3 aromatic heterocycles. The van der Waals surface area contributed by atoms with Crippen molar-refractivity contribution >= 4 is 32.2 Å². The van der Waals surface area contributed by atoms with Gasteiger partial charge in [-0.2, -0.15) is 10.1 Å². The van der Waals surface area contributed by atoms with Crippen molar-refractivity contribution in [3.8, 4) is 5.82 Å². The quantitative estimate of drug-likeness (QED) is 0.771. The lowest BCUT2D eigenvalue weighted by atomic mass is 10.3. The summed E-state index contributed by atoms with van der Waals surface area (Å²) in [6, 6.07) is 0.675. The number of hydrogen-bond acceptors (Lipinski definition) is 4. The number of aryl methyl sites for hydroxylation is 1. The molecule has 0 bridgehead atoms. The third kappa shape index (κ3) is 2.23. The molecule has 0 aliphatic heterocycles. The summed E-state index contributed by atoms with van der Waals surface area (Å²) in [7, 11) is 0. The van der Waals surface area contributed by atoms with Crippen molar-refractivity contribution in [3.63, 3.8) is 0 Å². The number of halogens is 1. The zero-order valence-corrected chi connectivity index (χ0v) is 14.3. The van der Waals surface area contributed by atoms with Crippen LogP contribution in [-0.2, 0) is 6.54 Å². The summed E-state index contributed by atoms with van der Waals surface area (Å²) in [6.07, 6.45) is 4.65. The first-order valence-corrected chi connectivity index (χ1v) is 8.72. The van der Waals surface area contributed by atoms with Crippen molar-refractivity contribution in [3.05, 3.63) is 33.1 Å². The van der Waals surface area contributed by atoms with Crippen LogP contribution in [0.5, 0.6) is 0 Å². The SMILES string of the molecule is Cc1nn(-c2nc3sccn3c2CNC2CC2)c(C)c1Br. The van der Waals surface area contributed by atoms with Gasteiger partial charge in [-0.15, -0.1) is 11.3 Å². The highest BCUT2D eigenvalue weighted by molar-refractivity contribution is 9.10. The average Bonchev–Trinajstić information content (AvgIpc) is 2.99. The molecule has 0 atom stereocenters. The van der Waals surface area contributed by atoms with E-state index in [1.54, 1.807) is 11.3 Å². The first kappa shape index (κ1) is 13.5. The minimum atomic E-state index is 0.675. The van der Waals surface area contributed by atoms with Crippen LogP contribution in [0.4, 0.5) is 0 Å². The second-order valence-corrected chi connectivity index (χ2v) is 7.16. The van der Waals surface area contributed by atoms with E-state index in [0.29, 0.717) is 6.04 Å². The summed E-state index contributed by atoms with van der Waals surface area (Å²) in [5, 5.41) is 10.3. The smallest absolute Gasteiger partial charge is 0.196 e. The Morgan fingerprint density at radius 3 is 2.90 bits per heavy atom. The van der Waals surface area contributed by atoms with Crippen LogP contribution in [0.3, 0.4) is 0 Å². The Hall–Kier alpha value is -1.18. The third-order valence-electron chi connectivity index (χ3n) is 3.88. The molecule has 0 amide bonds. The van der Waals surface area contributed by atoms with Gasteiger partial charge >= 0.3 is 0 Å². The van der Waals surface area contributed by atoms with E-state index >= 15 is 0 Å². The van der Waals surface area contributed by atoms with Gasteiger partial charge in [0.2, 0.25) is 0 Å². The summed E-state index contributed by atoms with van der Waals surface area (Å²) >= 11 is 5.25.